The molecule has 7 N–H and O–H groups in total. The molecule has 10 heteroatoms. The predicted molar refractivity (Wildman–Crippen MR) is 283 cm³/mol. The Balaban J connectivity index is 2.18. The molecule has 1 saturated heterocycles. The van der Waals surface area contributed by atoms with Gasteiger partial charge in [0.25, 0.3) is 0 Å². The Labute approximate surface area is 419 Å². The highest BCUT2D eigenvalue weighted by atomic mass is 16.7. The Hall–Kier alpha value is -0.850. The Kier molecular flexibility index (Phi) is 46.4. The number of aliphatic hydroxyl groups excluding tert-OH is 6. The summed E-state index contributed by atoms with van der Waals surface area (Å²) in [4.78, 5) is 13.1. The minimum atomic E-state index is -1.60. The molecule has 0 saturated carbocycles. The van der Waals surface area contributed by atoms with Crippen LogP contribution in [0.25, 0.3) is 0 Å². The van der Waals surface area contributed by atoms with E-state index in [0.717, 1.165) is 38.5 Å². The molecule has 1 fully saturated rings. The lowest BCUT2D eigenvalue weighted by atomic mass is 9.98. The quantitative estimate of drug-likeness (QED) is 0.0293. The zero-order chi connectivity index (χ0) is 49.6. The van der Waals surface area contributed by atoms with E-state index in [9.17, 15) is 35.4 Å². The van der Waals surface area contributed by atoms with Crippen molar-refractivity contribution in [2.75, 3.05) is 13.2 Å². The van der Waals surface area contributed by atoms with Crippen LogP contribution in [0.5, 0.6) is 0 Å². The van der Waals surface area contributed by atoms with Crippen molar-refractivity contribution in [2.24, 2.45) is 0 Å². The molecule has 0 spiro atoms. The number of amides is 1. The maximum absolute atomic E-state index is 13.1. The minimum Gasteiger partial charge on any atom is -0.394 e. The van der Waals surface area contributed by atoms with E-state index in [1.54, 1.807) is 0 Å². The topological polar surface area (TPSA) is 169 Å². The van der Waals surface area contributed by atoms with Crippen molar-refractivity contribution in [1.82, 2.24) is 5.32 Å². The predicted octanol–water partition coefficient (Wildman–Crippen LogP) is 13.6. The summed E-state index contributed by atoms with van der Waals surface area (Å²) in [5, 5.41) is 65.5. The number of ether oxygens (including phenoxy) is 2. The normalized spacial score (nSPS) is 19.9. The van der Waals surface area contributed by atoms with Crippen LogP contribution in [0.2, 0.25) is 0 Å². The van der Waals surface area contributed by atoms with Gasteiger partial charge in [0.05, 0.1) is 25.4 Å². The van der Waals surface area contributed by atoms with E-state index in [4.69, 9.17) is 9.47 Å². The van der Waals surface area contributed by atoms with Crippen molar-refractivity contribution in [3.63, 3.8) is 0 Å². The maximum atomic E-state index is 13.1. The van der Waals surface area contributed by atoms with Crippen molar-refractivity contribution in [3.05, 3.63) is 0 Å². The number of aliphatic hydroxyl groups is 6. The number of carbonyl (C=O) groups excluding carboxylic acids is 1. The average molecular weight is 971 g/mol. The molecular formula is C58H115NO9. The molecule has 1 heterocycles. The van der Waals surface area contributed by atoms with Crippen LogP contribution in [0.1, 0.15) is 303 Å². The van der Waals surface area contributed by atoms with E-state index < -0.39 is 55.6 Å². The monoisotopic (exact) mass is 970 g/mol. The van der Waals surface area contributed by atoms with Gasteiger partial charge in [-0.05, 0) is 12.8 Å². The fourth-order valence-corrected chi connectivity index (χ4v) is 10.0. The molecule has 1 aliphatic heterocycles. The molecule has 2 unspecified atom stereocenters. The molecule has 0 bridgehead atoms. The van der Waals surface area contributed by atoms with Gasteiger partial charge in [0.2, 0.25) is 5.91 Å². The number of hydrogen-bond donors (Lipinski definition) is 7. The fraction of sp³-hybridized carbons (Fsp3) is 0.983. The summed E-state index contributed by atoms with van der Waals surface area (Å²) in [6.07, 6.45) is 47.0. The first kappa shape index (κ1) is 65.2. The third-order valence-corrected chi connectivity index (χ3v) is 14.8. The molecule has 68 heavy (non-hydrogen) atoms. The molecule has 406 valence electrons. The highest BCUT2D eigenvalue weighted by Crippen LogP contribution is 2.24. The number of hydrogen-bond acceptors (Lipinski definition) is 9. The van der Waals surface area contributed by atoms with Crippen molar-refractivity contribution in [3.8, 4) is 0 Å². The largest absolute Gasteiger partial charge is 0.394 e. The molecule has 0 aromatic carbocycles. The molecule has 8 atom stereocenters. The molecule has 1 rings (SSSR count). The lowest BCUT2D eigenvalue weighted by Crippen LogP contribution is -2.60. The minimum absolute atomic E-state index is 0.250. The molecule has 1 amide bonds. The molecule has 1 aliphatic rings. The summed E-state index contributed by atoms with van der Waals surface area (Å²) in [5.41, 5.74) is 0. The standard InChI is InChI=1S/C58H115NO9/c1-3-5-7-9-11-13-15-17-19-20-21-22-23-24-25-26-27-28-29-30-31-33-35-37-39-41-43-45-47-53(62)59-50(49-67-58-57(66)56(65)55(64)52(48-60)68-58)54(63)51(61)46-44-42-40-38-36-34-32-18-16-14-12-10-8-6-4-2/h50-52,54-58,60-61,63-66H,3-49H2,1-2H3,(H,59,62)/t50-,51+,52+,54-,55+,56?,57?,58+/m0/s1. The Morgan fingerprint density at radius 1 is 0.456 bits per heavy atom. The first-order valence-electron chi connectivity index (χ1n) is 29.8. The maximum Gasteiger partial charge on any atom is 0.220 e. The summed E-state index contributed by atoms with van der Waals surface area (Å²) in [5.74, 6) is -0.250. The smallest absolute Gasteiger partial charge is 0.220 e. The van der Waals surface area contributed by atoms with E-state index in [-0.39, 0.29) is 18.9 Å². The van der Waals surface area contributed by atoms with Crippen LogP contribution >= 0.6 is 0 Å². The Bertz CT molecular complexity index is 1050. The van der Waals surface area contributed by atoms with Crippen molar-refractivity contribution >= 4 is 5.91 Å². The van der Waals surface area contributed by atoms with Crippen LogP contribution < -0.4 is 5.32 Å². The van der Waals surface area contributed by atoms with Crippen molar-refractivity contribution < 1.29 is 44.9 Å². The number of unbranched alkanes of at least 4 members (excludes halogenated alkanes) is 41. The van der Waals surface area contributed by atoms with Crippen LogP contribution in [-0.2, 0) is 14.3 Å². The van der Waals surface area contributed by atoms with Gasteiger partial charge in [0.15, 0.2) is 6.29 Å². The summed E-state index contributed by atoms with van der Waals surface area (Å²) in [6, 6.07) is -0.986. The molecule has 0 aromatic heterocycles. The molecule has 0 aromatic rings. The second-order valence-electron chi connectivity index (χ2n) is 21.3. The SMILES string of the molecule is CCCCCCCCCCCCCCCCCCCCCCCCCCCCCCC(=O)N[C@@H](CO[C@@H]1O[C@H](CO)[C@@H](O)C(O)C1O)[C@H](O)[C@H](O)CCCCCCCCCCCCCCCCC. The van der Waals surface area contributed by atoms with Crippen LogP contribution in [0.3, 0.4) is 0 Å². The molecule has 0 aliphatic carbocycles. The lowest BCUT2D eigenvalue weighted by molar-refractivity contribution is -0.303. The van der Waals surface area contributed by atoms with Gasteiger partial charge in [0.1, 0.15) is 30.5 Å². The van der Waals surface area contributed by atoms with E-state index in [0.29, 0.717) is 6.42 Å². The second-order valence-corrected chi connectivity index (χ2v) is 21.3. The zero-order valence-electron chi connectivity index (χ0n) is 44.8. The van der Waals surface area contributed by atoms with Gasteiger partial charge in [-0.25, -0.2) is 0 Å². The van der Waals surface area contributed by atoms with Crippen LogP contribution in [0.4, 0.5) is 0 Å². The fourth-order valence-electron chi connectivity index (χ4n) is 10.0. The molecular weight excluding hydrogens is 855 g/mol. The number of carbonyl (C=O) groups is 1. The van der Waals surface area contributed by atoms with Crippen LogP contribution in [0.15, 0.2) is 0 Å². The highest BCUT2D eigenvalue weighted by Gasteiger charge is 2.44. The second kappa shape index (κ2) is 48.4. The van der Waals surface area contributed by atoms with Gasteiger partial charge in [0, 0.05) is 6.42 Å². The average Bonchev–Trinajstić information content (AvgIpc) is 3.34. The van der Waals surface area contributed by atoms with E-state index in [1.165, 1.54) is 238 Å². The van der Waals surface area contributed by atoms with Gasteiger partial charge in [-0.2, -0.15) is 0 Å². The highest BCUT2D eigenvalue weighted by molar-refractivity contribution is 5.76. The van der Waals surface area contributed by atoms with Gasteiger partial charge in [-0.1, -0.05) is 284 Å². The Morgan fingerprint density at radius 3 is 1.09 bits per heavy atom. The summed E-state index contributed by atoms with van der Waals surface area (Å²) in [7, 11) is 0. The van der Waals surface area contributed by atoms with E-state index >= 15 is 0 Å². The van der Waals surface area contributed by atoms with Crippen LogP contribution in [-0.4, -0.2) is 98.7 Å². The first-order valence-corrected chi connectivity index (χ1v) is 29.8. The van der Waals surface area contributed by atoms with Gasteiger partial charge in [-0.3, -0.25) is 4.79 Å². The summed E-state index contributed by atoms with van der Waals surface area (Å²) in [6.45, 7) is 3.66. The zero-order valence-corrected chi connectivity index (χ0v) is 44.8. The van der Waals surface area contributed by atoms with Gasteiger partial charge < -0.3 is 45.4 Å². The van der Waals surface area contributed by atoms with Gasteiger partial charge in [-0.15, -0.1) is 0 Å². The molecule has 10 nitrogen and oxygen atoms in total. The number of rotatable bonds is 52. The first-order chi connectivity index (χ1) is 33.3. The van der Waals surface area contributed by atoms with Crippen molar-refractivity contribution in [1.29, 1.82) is 0 Å². The lowest BCUT2D eigenvalue weighted by Gasteiger charge is -2.40. The third-order valence-electron chi connectivity index (χ3n) is 14.8. The van der Waals surface area contributed by atoms with Crippen molar-refractivity contribution in [2.45, 2.75) is 352 Å². The van der Waals surface area contributed by atoms with E-state index in [2.05, 4.69) is 19.2 Å². The third kappa shape index (κ3) is 37.0. The Morgan fingerprint density at radius 2 is 0.765 bits per heavy atom. The number of nitrogens with one attached hydrogen (secondary N) is 1. The summed E-state index contributed by atoms with van der Waals surface area (Å²) >= 11 is 0. The summed E-state index contributed by atoms with van der Waals surface area (Å²) < 4.78 is 11.2. The van der Waals surface area contributed by atoms with Crippen LogP contribution in [0, 0.1) is 0 Å². The van der Waals surface area contributed by atoms with Gasteiger partial charge >= 0.3 is 0 Å². The molecule has 0 radical (unpaired) electrons. The van der Waals surface area contributed by atoms with E-state index in [1.807, 2.05) is 0 Å².